The zero-order valence-corrected chi connectivity index (χ0v) is 34.8. The molecule has 0 radical (unpaired) electrons. The number of phenolic OH excluding ortho intramolecular Hbond substituents is 1. The van der Waals surface area contributed by atoms with Gasteiger partial charge >= 0.3 is 5.97 Å². The molecule has 0 unspecified atom stereocenters. The third-order valence-electron chi connectivity index (χ3n) is 10.3. The summed E-state index contributed by atoms with van der Waals surface area (Å²) in [5.74, 6) is -4.49. The molecule has 0 saturated carbocycles. The van der Waals surface area contributed by atoms with E-state index in [1.807, 2.05) is 13.8 Å². The van der Waals surface area contributed by atoms with E-state index < -0.39 is 77.2 Å². The molecule has 2 aliphatic rings. The number of carbonyl (C=O) groups excluding carboxylic acids is 5. The minimum atomic E-state index is -1.21. The maximum atomic E-state index is 14.7. The van der Waals surface area contributed by atoms with Crippen LogP contribution in [0.5, 0.6) is 5.75 Å². The fraction of sp³-hybridized carbons (Fsp3) is 0.641. The molecular weight excluding hydrogens is 765 g/mol. The lowest BCUT2D eigenvalue weighted by molar-refractivity contribution is -0.151. The van der Waals surface area contributed by atoms with Crippen molar-refractivity contribution in [3.8, 4) is 5.75 Å². The topological polar surface area (TPSA) is 340 Å². The van der Waals surface area contributed by atoms with Gasteiger partial charge in [-0.3, -0.25) is 34.0 Å². The Morgan fingerprint density at radius 2 is 1.46 bits per heavy atom. The van der Waals surface area contributed by atoms with Gasteiger partial charge in [0.15, 0.2) is 11.9 Å². The molecule has 1 saturated heterocycles. The van der Waals surface area contributed by atoms with Gasteiger partial charge in [-0.15, -0.1) is 0 Å². The monoisotopic (exact) mass is 828 g/mol. The van der Waals surface area contributed by atoms with Gasteiger partial charge in [-0.1, -0.05) is 40.7 Å². The third-order valence-corrected chi connectivity index (χ3v) is 10.3. The fourth-order valence-corrected chi connectivity index (χ4v) is 7.27. The average molecular weight is 829 g/mol. The van der Waals surface area contributed by atoms with E-state index in [2.05, 4.69) is 25.9 Å². The number of carboxylic acid groups (broad SMARTS) is 1. The molecule has 2 heterocycles. The number of hydrogen-bond acceptors (Lipinski definition) is 10. The number of nitrogens with two attached hydrogens (primary N) is 5. The second-order valence-electron chi connectivity index (χ2n) is 16.7. The Morgan fingerprint density at radius 1 is 0.847 bits per heavy atom. The van der Waals surface area contributed by atoms with Crippen LogP contribution in [-0.2, 0) is 41.7 Å². The highest BCUT2D eigenvalue weighted by Gasteiger charge is 2.45. The predicted molar refractivity (Wildman–Crippen MR) is 221 cm³/mol. The molecule has 2 aliphatic heterocycles. The quantitative estimate of drug-likeness (QED) is 0.0441. The van der Waals surface area contributed by atoms with Gasteiger partial charge in [0.1, 0.15) is 36.0 Å². The summed E-state index contributed by atoms with van der Waals surface area (Å²) in [7, 11) is 0. The number of aliphatic carboxylic acids is 1. The van der Waals surface area contributed by atoms with Crippen LogP contribution in [0.1, 0.15) is 90.7 Å². The molecule has 5 amide bonds. The molecule has 1 aromatic carbocycles. The number of carboxylic acids is 1. The van der Waals surface area contributed by atoms with Crippen LogP contribution in [0.2, 0.25) is 0 Å². The van der Waals surface area contributed by atoms with E-state index in [0.717, 1.165) is 0 Å². The number of guanidine groups is 2. The molecule has 6 atom stereocenters. The summed E-state index contributed by atoms with van der Waals surface area (Å²) in [4.78, 5) is 93.0. The van der Waals surface area contributed by atoms with Gasteiger partial charge in [0, 0.05) is 32.6 Å². The number of rotatable bonds is 19. The van der Waals surface area contributed by atoms with Gasteiger partial charge in [-0.2, -0.15) is 0 Å². The maximum absolute atomic E-state index is 14.7. The smallest absolute Gasteiger partial charge is 0.326 e. The summed E-state index contributed by atoms with van der Waals surface area (Å²) >= 11 is 0. The lowest BCUT2D eigenvalue weighted by Gasteiger charge is -2.40. The van der Waals surface area contributed by atoms with Crippen molar-refractivity contribution >= 4 is 47.4 Å². The molecule has 0 spiro atoms. The van der Waals surface area contributed by atoms with E-state index in [0.29, 0.717) is 30.4 Å². The van der Waals surface area contributed by atoms with Crippen LogP contribution >= 0.6 is 0 Å². The van der Waals surface area contributed by atoms with Crippen LogP contribution in [0, 0.1) is 11.3 Å². The fourth-order valence-electron chi connectivity index (χ4n) is 7.27. The summed E-state index contributed by atoms with van der Waals surface area (Å²) in [5.41, 5.74) is 28.3. The number of nitrogens with one attached hydrogen (secondary N) is 3. The van der Waals surface area contributed by atoms with Crippen molar-refractivity contribution in [2.45, 2.75) is 129 Å². The number of benzene rings is 1. The van der Waals surface area contributed by atoms with Crippen molar-refractivity contribution in [1.82, 2.24) is 25.8 Å². The normalized spacial score (nSPS) is 18.4. The van der Waals surface area contributed by atoms with E-state index >= 15 is 0 Å². The van der Waals surface area contributed by atoms with E-state index in [4.69, 9.17) is 28.7 Å². The molecule has 59 heavy (non-hydrogen) atoms. The van der Waals surface area contributed by atoms with Gasteiger partial charge in [-0.25, -0.2) is 4.79 Å². The molecule has 20 heteroatoms. The number of amides is 5. The van der Waals surface area contributed by atoms with Crippen molar-refractivity contribution < 1.29 is 39.0 Å². The molecule has 20 nitrogen and oxygen atoms in total. The Hall–Kier alpha value is -5.66. The predicted octanol–water partition coefficient (Wildman–Crippen LogP) is -1.30. The van der Waals surface area contributed by atoms with Crippen LogP contribution in [0.15, 0.2) is 28.2 Å². The summed E-state index contributed by atoms with van der Waals surface area (Å²) in [5, 5.41) is 28.2. The summed E-state index contributed by atoms with van der Waals surface area (Å²) < 4.78 is 0. The summed E-state index contributed by atoms with van der Waals surface area (Å²) in [6.07, 6.45) is 1.97. The van der Waals surface area contributed by atoms with Gasteiger partial charge in [0.25, 0.3) is 0 Å². The molecule has 1 aromatic rings. The first-order valence-electron chi connectivity index (χ1n) is 20.0. The Kier molecular flexibility index (Phi) is 17.3. The highest BCUT2D eigenvalue weighted by atomic mass is 16.4. The number of carbonyl (C=O) groups is 6. The van der Waals surface area contributed by atoms with Crippen molar-refractivity contribution in [3.05, 3.63) is 29.3 Å². The lowest BCUT2D eigenvalue weighted by atomic mass is 9.85. The van der Waals surface area contributed by atoms with Crippen molar-refractivity contribution in [2.24, 2.45) is 50.0 Å². The molecule has 15 N–H and O–H groups in total. The molecule has 0 aromatic heterocycles. The number of aliphatic imine (C=N–C) groups is 2. The third kappa shape index (κ3) is 14.0. The van der Waals surface area contributed by atoms with E-state index in [1.165, 1.54) is 21.9 Å². The molecular formula is C39H64N12O8. The Morgan fingerprint density at radius 3 is 2.03 bits per heavy atom. The zero-order chi connectivity index (χ0) is 44.2. The maximum Gasteiger partial charge on any atom is 0.326 e. The van der Waals surface area contributed by atoms with Crippen LogP contribution in [0.4, 0.5) is 0 Å². The number of nitrogens with zero attached hydrogens (tertiary/aromatic N) is 4. The zero-order valence-electron chi connectivity index (χ0n) is 34.8. The largest absolute Gasteiger partial charge is 0.508 e. The Labute approximate surface area is 345 Å². The lowest BCUT2D eigenvalue weighted by Crippen LogP contribution is -2.62. The first-order chi connectivity index (χ1) is 27.6. The molecule has 1 fully saturated rings. The van der Waals surface area contributed by atoms with E-state index in [9.17, 15) is 39.0 Å². The second kappa shape index (κ2) is 21.4. The minimum Gasteiger partial charge on any atom is -0.508 e. The van der Waals surface area contributed by atoms with Crippen molar-refractivity contribution in [2.75, 3.05) is 19.6 Å². The number of hydrogen-bond donors (Lipinski definition) is 10. The number of likely N-dealkylation sites (tertiary alicyclic amines) is 1. The molecule has 328 valence electrons. The van der Waals surface area contributed by atoms with Gasteiger partial charge in [0.2, 0.25) is 29.5 Å². The highest BCUT2D eigenvalue weighted by molar-refractivity contribution is 5.97. The first-order valence-corrected chi connectivity index (χ1v) is 20.0. The summed E-state index contributed by atoms with van der Waals surface area (Å²) in [6, 6.07) is -1.99. The van der Waals surface area contributed by atoms with E-state index in [1.54, 1.807) is 26.8 Å². The molecule has 3 rings (SSSR count). The van der Waals surface area contributed by atoms with Crippen molar-refractivity contribution in [3.63, 3.8) is 0 Å². The second-order valence-corrected chi connectivity index (χ2v) is 16.7. The Bertz CT molecular complexity index is 1740. The SMILES string of the molecule is CC(C)C[C@H](NC(=O)[C@@H](NC(=O)[C@@H]1Cc2cc(O)ccc2CN1C(=O)[C@@H]1CCCN1C(=O)[C@H](CCCN=C(N)N)NC(=O)[C@@H](N)CCCN=C(N)N)C(C)(C)C)C(=O)O. The van der Waals surface area contributed by atoms with Crippen LogP contribution in [-0.4, -0.2) is 123 Å². The van der Waals surface area contributed by atoms with Gasteiger partial charge < -0.3 is 64.6 Å². The van der Waals surface area contributed by atoms with Gasteiger partial charge in [-0.05, 0) is 79.5 Å². The highest BCUT2D eigenvalue weighted by Crippen LogP contribution is 2.31. The van der Waals surface area contributed by atoms with Crippen molar-refractivity contribution in [1.29, 1.82) is 0 Å². The number of fused-ring (bicyclic) bond motifs is 1. The van der Waals surface area contributed by atoms with Crippen LogP contribution in [0.25, 0.3) is 0 Å². The molecule has 0 aliphatic carbocycles. The minimum absolute atomic E-state index is 0.0178. The molecule has 0 bridgehead atoms. The average Bonchev–Trinajstić information content (AvgIpc) is 3.64. The number of aromatic hydroxyl groups is 1. The van der Waals surface area contributed by atoms with Crippen LogP contribution in [0.3, 0.4) is 0 Å². The standard InChI is InChI=1S/C39H64N12O8/c1-21(2)17-27(36(58)59)48-33(55)30(39(3,4)5)49-32(54)29-19-23-18-24(52)13-12-22(23)20-51(29)35(57)28-11-8-16-50(28)34(56)26(10-7-15-46-38(43)44)47-31(53)25(40)9-6-14-45-37(41)42/h12-13,18,21,25-30,52H,6-11,14-17,19-20,40H2,1-5H3,(H,47,53)(H,48,55)(H,49,54)(H,58,59)(H4,41,42,45)(H4,43,44,46)/t25-,26-,27-,28-,29-,30+/m0/s1. The summed E-state index contributed by atoms with van der Waals surface area (Å²) in [6.45, 7) is 9.42. The van der Waals surface area contributed by atoms with E-state index in [-0.39, 0.29) is 81.9 Å². The van der Waals surface area contributed by atoms with Gasteiger partial charge in [0.05, 0.1) is 6.04 Å². The first kappa shape index (κ1) is 47.7. The van der Waals surface area contributed by atoms with Crippen LogP contribution < -0.4 is 44.6 Å². The Balaban J connectivity index is 1.92. The number of phenols is 1.